The van der Waals surface area contributed by atoms with Crippen molar-refractivity contribution in [2.75, 3.05) is 26.2 Å². The van der Waals surface area contributed by atoms with Crippen molar-refractivity contribution in [1.29, 1.82) is 10.5 Å². The monoisotopic (exact) mass is 234 g/mol. The Labute approximate surface area is 102 Å². The number of piperidine rings is 1. The second-order valence-electron chi connectivity index (χ2n) is 4.18. The van der Waals surface area contributed by atoms with Gasteiger partial charge in [-0.3, -0.25) is 4.79 Å². The van der Waals surface area contributed by atoms with Crippen LogP contribution in [0.4, 0.5) is 0 Å². The van der Waals surface area contributed by atoms with E-state index in [4.69, 9.17) is 10.5 Å². The Kier molecular flexibility index (Phi) is 6.06. The standard InChI is InChI=1S/C12H18N4O/c13-5-2-8-16(9-3-6-14)12(17)11-4-1-7-15-10-11/h11,15H,1-4,7-10H2/t11-/m0/s1. The summed E-state index contributed by atoms with van der Waals surface area (Å²) in [6.45, 7) is 2.57. The topological polar surface area (TPSA) is 79.9 Å². The number of rotatable bonds is 5. The zero-order chi connectivity index (χ0) is 12.5. The molecule has 5 heteroatoms. The largest absolute Gasteiger partial charge is 0.340 e. The van der Waals surface area contributed by atoms with E-state index in [1.807, 2.05) is 12.1 Å². The van der Waals surface area contributed by atoms with E-state index >= 15 is 0 Å². The molecule has 1 fully saturated rings. The Bertz CT molecular complexity index is 304. The van der Waals surface area contributed by atoms with E-state index in [-0.39, 0.29) is 11.8 Å². The SMILES string of the molecule is N#CCCN(CCC#N)C(=O)[C@H]1CCCNC1. The van der Waals surface area contributed by atoms with Crippen LogP contribution >= 0.6 is 0 Å². The molecule has 1 saturated heterocycles. The number of hydrogen-bond donors (Lipinski definition) is 1. The molecule has 0 radical (unpaired) electrons. The first-order chi connectivity index (χ1) is 8.29. The fourth-order valence-electron chi connectivity index (χ4n) is 2.02. The third kappa shape index (κ3) is 4.42. The zero-order valence-corrected chi connectivity index (χ0v) is 9.98. The minimum atomic E-state index is 0.0149. The Morgan fingerprint density at radius 1 is 1.29 bits per heavy atom. The molecule has 17 heavy (non-hydrogen) atoms. The van der Waals surface area contributed by atoms with Gasteiger partial charge in [0, 0.05) is 19.6 Å². The van der Waals surface area contributed by atoms with Crippen LogP contribution in [0.2, 0.25) is 0 Å². The Balaban J connectivity index is 2.51. The lowest BCUT2D eigenvalue weighted by Crippen LogP contribution is -2.43. The van der Waals surface area contributed by atoms with Crippen LogP contribution in [0, 0.1) is 28.6 Å². The third-order valence-corrected chi connectivity index (χ3v) is 2.94. The van der Waals surface area contributed by atoms with Crippen molar-refractivity contribution in [2.45, 2.75) is 25.7 Å². The molecule has 1 rings (SSSR count). The number of nitriles is 2. The third-order valence-electron chi connectivity index (χ3n) is 2.94. The summed E-state index contributed by atoms with van der Waals surface area (Å²) in [4.78, 5) is 13.8. The van der Waals surface area contributed by atoms with Gasteiger partial charge in [0.25, 0.3) is 0 Å². The van der Waals surface area contributed by atoms with Gasteiger partial charge >= 0.3 is 0 Å². The molecule has 0 spiro atoms. The summed E-state index contributed by atoms with van der Waals surface area (Å²) in [7, 11) is 0. The van der Waals surface area contributed by atoms with Crippen molar-refractivity contribution in [2.24, 2.45) is 5.92 Å². The molecule has 5 nitrogen and oxygen atoms in total. The van der Waals surface area contributed by atoms with Gasteiger partial charge in [-0.05, 0) is 19.4 Å². The normalized spacial score (nSPS) is 19.1. The molecule has 1 amide bonds. The van der Waals surface area contributed by atoms with E-state index < -0.39 is 0 Å². The Morgan fingerprint density at radius 3 is 2.41 bits per heavy atom. The van der Waals surface area contributed by atoms with Crippen LogP contribution < -0.4 is 5.32 Å². The number of amides is 1. The summed E-state index contributed by atoms with van der Waals surface area (Å²) >= 11 is 0. The van der Waals surface area contributed by atoms with E-state index in [2.05, 4.69) is 5.32 Å². The number of nitrogens with one attached hydrogen (secondary N) is 1. The van der Waals surface area contributed by atoms with Gasteiger partial charge in [-0.25, -0.2) is 0 Å². The van der Waals surface area contributed by atoms with Gasteiger partial charge in [-0.1, -0.05) is 0 Å². The molecule has 0 unspecified atom stereocenters. The highest BCUT2D eigenvalue weighted by Gasteiger charge is 2.25. The molecule has 0 aliphatic carbocycles. The van der Waals surface area contributed by atoms with E-state index in [1.165, 1.54) is 0 Å². The molecular formula is C12H18N4O. The molecule has 1 aliphatic rings. The van der Waals surface area contributed by atoms with E-state index in [0.717, 1.165) is 19.4 Å². The maximum absolute atomic E-state index is 12.2. The van der Waals surface area contributed by atoms with Crippen molar-refractivity contribution in [1.82, 2.24) is 10.2 Å². The summed E-state index contributed by atoms with van der Waals surface area (Å²) in [5, 5.41) is 20.3. The molecule has 1 atom stereocenters. The number of carbonyl (C=O) groups is 1. The van der Waals surface area contributed by atoms with Gasteiger partial charge in [0.15, 0.2) is 0 Å². The van der Waals surface area contributed by atoms with Gasteiger partial charge in [0.2, 0.25) is 5.91 Å². The number of carbonyl (C=O) groups excluding carboxylic acids is 1. The van der Waals surface area contributed by atoms with Gasteiger partial charge in [0.1, 0.15) is 0 Å². The maximum atomic E-state index is 12.2. The van der Waals surface area contributed by atoms with Crippen LogP contribution in [0.1, 0.15) is 25.7 Å². The van der Waals surface area contributed by atoms with Crippen molar-refractivity contribution in [3.8, 4) is 12.1 Å². The summed E-state index contributed by atoms with van der Waals surface area (Å²) in [5.74, 6) is 0.101. The fourth-order valence-corrected chi connectivity index (χ4v) is 2.02. The summed E-state index contributed by atoms with van der Waals surface area (Å²) < 4.78 is 0. The van der Waals surface area contributed by atoms with E-state index in [9.17, 15) is 4.79 Å². The number of hydrogen-bond acceptors (Lipinski definition) is 4. The highest BCUT2D eigenvalue weighted by Crippen LogP contribution is 2.14. The van der Waals surface area contributed by atoms with Crippen LogP contribution in [-0.2, 0) is 4.79 Å². The van der Waals surface area contributed by atoms with E-state index in [1.54, 1.807) is 4.90 Å². The van der Waals surface area contributed by atoms with Crippen LogP contribution in [0.3, 0.4) is 0 Å². The lowest BCUT2D eigenvalue weighted by molar-refractivity contribution is -0.136. The zero-order valence-electron chi connectivity index (χ0n) is 9.98. The van der Waals surface area contributed by atoms with Crippen LogP contribution in [-0.4, -0.2) is 37.0 Å². The molecule has 1 heterocycles. The van der Waals surface area contributed by atoms with Crippen LogP contribution in [0.15, 0.2) is 0 Å². The van der Waals surface area contributed by atoms with Crippen molar-refractivity contribution in [3.63, 3.8) is 0 Å². The minimum Gasteiger partial charge on any atom is -0.340 e. The second-order valence-corrected chi connectivity index (χ2v) is 4.18. The number of nitrogens with zero attached hydrogens (tertiary/aromatic N) is 3. The van der Waals surface area contributed by atoms with Crippen molar-refractivity contribution in [3.05, 3.63) is 0 Å². The van der Waals surface area contributed by atoms with Crippen LogP contribution in [0.25, 0.3) is 0 Å². The van der Waals surface area contributed by atoms with Crippen molar-refractivity contribution < 1.29 is 4.79 Å². The lowest BCUT2D eigenvalue weighted by Gasteiger charge is -2.28. The quantitative estimate of drug-likeness (QED) is 0.757. The first-order valence-electron chi connectivity index (χ1n) is 6.03. The first kappa shape index (κ1) is 13.5. The highest BCUT2D eigenvalue weighted by molar-refractivity contribution is 5.79. The minimum absolute atomic E-state index is 0.0149. The Hall–Kier alpha value is -1.59. The van der Waals surface area contributed by atoms with E-state index in [0.29, 0.717) is 32.5 Å². The summed E-state index contributed by atoms with van der Waals surface area (Å²) in [5.41, 5.74) is 0. The lowest BCUT2D eigenvalue weighted by atomic mass is 9.98. The molecule has 0 saturated carbocycles. The molecule has 1 aliphatic heterocycles. The summed E-state index contributed by atoms with van der Waals surface area (Å²) in [6, 6.07) is 4.08. The first-order valence-corrected chi connectivity index (χ1v) is 6.03. The molecule has 1 N–H and O–H groups in total. The molecular weight excluding hydrogens is 216 g/mol. The fraction of sp³-hybridized carbons (Fsp3) is 0.750. The molecule has 0 aromatic carbocycles. The van der Waals surface area contributed by atoms with Gasteiger partial charge < -0.3 is 10.2 Å². The molecule has 0 aromatic rings. The predicted molar refractivity (Wildman–Crippen MR) is 62.6 cm³/mol. The van der Waals surface area contributed by atoms with Crippen LogP contribution in [0.5, 0.6) is 0 Å². The average molecular weight is 234 g/mol. The smallest absolute Gasteiger partial charge is 0.227 e. The van der Waals surface area contributed by atoms with Gasteiger partial charge in [-0.15, -0.1) is 0 Å². The Morgan fingerprint density at radius 2 is 1.94 bits per heavy atom. The molecule has 0 aromatic heterocycles. The molecule has 92 valence electrons. The second kappa shape index (κ2) is 7.65. The van der Waals surface area contributed by atoms with Gasteiger partial charge in [0.05, 0.1) is 30.9 Å². The highest BCUT2D eigenvalue weighted by atomic mass is 16.2. The average Bonchev–Trinajstić information content (AvgIpc) is 2.39. The maximum Gasteiger partial charge on any atom is 0.227 e. The van der Waals surface area contributed by atoms with Gasteiger partial charge in [-0.2, -0.15) is 10.5 Å². The summed E-state index contributed by atoms with van der Waals surface area (Å²) in [6.07, 6.45) is 2.58. The van der Waals surface area contributed by atoms with Crippen molar-refractivity contribution >= 4 is 5.91 Å². The molecule has 0 bridgehead atoms. The predicted octanol–water partition coefficient (Wildman–Crippen LogP) is 0.642.